The minimum absolute atomic E-state index is 0.0825. The minimum Gasteiger partial charge on any atom is -0.391 e. The molecule has 2 amide bonds. The number of rotatable bonds is 2. The summed E-state index contributed by atoms with van der Waals surface area (Å²) in [7, 11) is 1.47. The predicted octanol–water partition coefficient (Wildman–Crippen LogP) is 1.21. The van der Waals surface area contributed by atoms with Crippen LogP contribution in [-0.4, -0.2) is 52.2 Å². The molecule has 2 aliphatic rings. The number of aliphatic hydroxyl groups excluding tert-OH is 1. The molecule has 0 aromatic heterocycles. The van der Waals surface area contributed by atoms with Crippen LogP contribution in [0.4, 0.5) is 8.78 Å². The smallest absolute Gasteiger partial charge is 0.270 e. The molecule has 0 spiro atoms. The first-order valence-corrected chi connectivity index (χ1v) is 7.65. The molecule has 1 aromatic carbocycles. The highest BCUT2D eigenvalue weighted by atomic mass is 19.2. The number of carbonyl (C=O) groups excluding carboxylic acids is 2. The van der Waals surface area contributed by atoms with Crippen molar-refractivity contribution in [2.45, 2.75) is 31.4 Å². The Morgan fingerprint density at radius 2 is 2.04 bits per heavy atom. The Hall–Kier alpha value is -2.35. The van der Waals surface area contributed by atoms with E-state index in [1.807, 2.05) is 0 Å². The maximum absolute atomic E-state index is 13.5. The Morgan fingerprint density at radius 1 is 1.29 bits per heavy atom. The van der Waals surface area contributed by atoms with Crippen LogP contribution in [0.5, 0.6) is 0 Å². The van der Waals surface area contributed by atoms with E-state index in [2.05, 4.69) is 5.10 Å². The van der Waals surface area contributed by atoms with E-state index in [1.165, 1.54) is 18.0 Å². The van der Waals surface area contributed by atoms with E-state index in [9.17, 15) is 23.5 Å². The standard InChI is InChI=1S/C16H17F2N3O3/c1-20-15(23)5-4-13(19-20)16(24)21-8-10(22)7-14(21)9-2-3-11(17)12(18)6-9/h2-3,6,10,14,22H,4-5,7-8H2,1H3/t10-,14-/m0/s1. The molecule has 2 aliphatic heterocycles. The highest BCUT2D eigenvalue weighted by molar-refractivity contribution is 6.39. The number of hydrogen-bond donors (Lipinski definition) is 1. The summed E-state index contributed by atoms with van der Waals surface area (Å²) in [5, 5.41) is 15.0. The highest BCUT2D eigenvalue weighted by Gasteiger charge is 2.38. The summed E-state index contributed by atoms with van der Waals surface area (Å²) in [4.78, 5) is 25.6. The van der Waals surface area contributed by atoms with Gasteiger partial charge in [0.05, 0.1) is 12.1 Å². The molecular weight excluding hydrogens is 320 g/mol. The third kappa shape index (κ3) is 3.01. The van der Waals surface area contributed by atoms with Crippen molar-refractivity contribution in [1.82, 2.24) is 9.91 Å². The van der Waals surface area contributed by atoms with Crippen molar-refractivity contribution in [3.05, 3.63) is 35.4 Å². The molecule has 1 fully saturated rings. The summed E-state index contributed by atoms with van der Waals surface area (Å²) in [6, 6.07) is 2.88. The highest BCUT2D eigenvalue weighted by Crippen LogP contribution is 2.33. The van der Waals surface area contributed by atoms with Gasteiger partial charge in [-0.05, 0) is 24.1 Å². The van der Waals surface area contributed by atoms with Crippen LogP contribution >= 0.6 is 0 Å². The Morgan fingerprint density at radius 3 is 2.71 bits per heavy atom. The van der Waals surface area contributed by atoms with Gasteiger partial charge in [-0.25, -0.2) is 13.8 Å². The Kier molecular flexibility index (Phi) is 4.31. The van der Waals surface area contributed by atoms with Crippen LogP contribution in [0.3, 0.4) is 0 Å². The van der Waals surface area contributed by atoms with Crippen molar-refractivity contribution in [2.24, 2.45) is 5.10 Å². The summed E-state index contributed by atoms with van der Waals surface area (Å²) in [6.07, 6.45) is -0.110. The number of halogens is 2. The second-order valence-corrected chi connectivity index (χ2v) is 6.00. The van der Waals surface area contributed by atoms with E-state index in [0.717, 1.165) is 17.1 Å². The molecule has 0 radical (unpaired) electrons. The molecule has 2 heterocycles. The third-order valence-corrected chi connectivity index (χ3v) is 4.32. The number of hydrazone groups is 1. The Bertz CT molecular complexity index is 723. The van der Waals surface area contributed by atoms with Gasteiger partial charge in [-0.2, -0.15) is 5.10 Å². The first kappa shape index (κ1) is 16.5. The Balaban J connectivity index is 1.87. The first-order valence-electron chi connectivity index (χ1n) is 7.65. The monoisotopic (exact) mass is 337 g/mol. The van der Waals surface area contributed by atoms with Crippen LogP contribution in [0.25, 0.3) is 0 Å². The molecule has 0 bridgehead atoms. The fourth-order valence-electron chi connectivity index (χ4n) is 3.06. The molecule has 1 saturated heterocycles. The maximum atomic E-state index is 13.5. The largest absolute Gasteiger partial charge is 0.391 e. The number of carbonyl (C=O) groups is 2. The van der Waals surface area contributed by atoms with Gasteiger partial charge in [0.1, 0.15) is 5.71 Å². The van der Waals surface area contributed by atoms with Gasteiger partial charge >= 0.3 is 0 Å². The zero-order valence-electron chi connectivity index (χ0n) is 13.1. The molecule has 3 rings (SSSR count). The van der Waals surface area contributed by atoms with Crippen molar-refractivity contribution in [3.8, 4) is 0 Å². The zero-order valence-corrected chi connectivity index (χ0v) is 13.1. The predicted molar refractivity (Wildman–Crippen MR) is 80.9 cm³/mol. The second kappa shape index (κ2) is 6.27. The van der Waals surface area contributed by atoms with Gasteiger partial charge in [-0.1, -0.05) is 6.07 Å². The van der Waals surface area contributed by atoms with Gasteiger partial charge in [0.25, 0.3) is 5.91 Å². The summed E-state index contributed by atoms with van der Waals surface area (Å²) in [5.41, 5.74) is 0.637. The van der Waals surface area contributed by atoms with E-state index >= 15 is 0 Å². The van der Waals surface area contributed by atoms with Crippen LogP contribution in [-0.2, 0) is 9.59 Å². The molecular formula is C16H17F2N3O3. The Labute approximate surface area is 137 Å². The second-order valence-electron chi connectivity index (χ2n) is 6.00. The average Bonchev–Trinajstić information content (AvgIpc) is 2.94. The van der Waals surface area contributed by atoms with Crippen molar-refractivity contribution in [1.29, 1.82) is 0 Å². The lowest BCUT2D eigenvalue weighted by molar-refractivity contribution is -0.130. The lowest BCUT2D eigenvalue weighted by Crippen LogP contribution is -2.40. The summed E-state index contributed by atoms with van der Waals surface area (Å²) in [6.45, 7) is 0.0825. The van der Waals surface area contributed by atoms with Crippen molar-refractivity contribution in [3.63, 3.8) is 0 Å². The molecule has 0 saturated carbocycles. The molecule has 1 N–H and O–H groups in total. The number of hydrogen-bond acceptors (Lipinski definition) is 4. The van der Waals surface area contributed by atoms with Crippen molar-refractivity contribution < 1.29 is 23.5 Å². The zero-order chi connectivity index (χ0) is 17.4. The maximum Gasteiger partial charge on any atom is 0.270 e. The number of aliphatic hydroxyl groups is 1. The van der Waals surface area contributed by atoms with Gasteiger partial charge in [0.15, 0.2) is 11.6 Å². The molecule has 6 nitrogen and oxygen atoms in total. The number of benzene rings is 1. The lowest BCUT2D eigenvalue weighted by Gasteiger charge is -2.27. The van der Waals surface area contributed by atoms with E-state index in [1.54, 1.807) is 0 Å². The molecule has 128 valence electrons. The average molecular weight is 337 g/mol. The van der Waals surface area contributed by atoms with Gasteiger partial charge in [0, 0.05) is 26.4 Å². The lowest BCUT2D eigenvalue weighted by atomic mass is 10.0. The topological polar surface area (TPSA) is 73.2 Å². The van der Waals surface area contributed by atoms with E-state index < -0.39 is 29.7 Å². The van der Waals surface area contributed by atoms with Crippen LogP contribution in [0.2, 0.25) is 0 Å². The van der Waals surface area contributed by atoms with Crippen LogP contribution < -0.4 is 0 Å². The van der Waals surface area contributed by atoms with E-state index in [4.69, 9.17) is 0 Å². The van der Waals surface area contributed by atoms with Crippen LogP contribution in [0, 0.1) is 11.6 Å². The summed E-state index contributed by atoms with van der Waals surface area (Å²) < 4.78 is 26.6. The van der Waals surface area contributed by atoms with Gasteiger partial charge < -0.3 is 10.0 Å². The molecule has 24 heavy (non-hydrogen) atoms. The number of β-amino-alcohol motifs (C(OH)–C–C–N with tert-alkyl or cyclic N) is 1. The quantitative estimate of drug-likeness (QED) is 0.881. The number of likely N-dealkylation sites (tertiary alicyclic amines) is 1. The summed E-state index contributed by atoms with van der Waals surface area (Å²) in [5.74, 6) is -2.54. The third-order valence-electron chi connectivity index (χ3n) is 4.32. The van der Waals surface area contributed by atoms with Gasteiger partial charge in [-0.15, -0.1) is 0 Å². The number of amides is 2. The first-order chi connectivity index (χ1) is 11.4. The SMILES string of the molecule is CN1N=C(C(=O)N2C[C@@H](O)C[C@H]2c2ccc(F)c(F)c2)CCC1=O. The van der Waals surface area contributed by atoms with Gasteiger partial charge in [-0.3, -0.25) is 9.59 Å². The van der Waals surface area contributed by atoms with Gasteiger partial charge in [0.2, 0.25) is 5.91 Å². The molecule has 1 aromatic rings. The molecule has 0 aliphatic carbocycles. The van der Waals surface area contributed by atoms with Crippen molar-refractivity contribution >= 4 is 17.5 Å². The van der Waals surface area contributed by atoms with E-state index in [0.29, 0.717) is 5.56 Å². The van der Waals surface area contributed by atoms with E-state index in [-0.39, 0.29) is 37.4 Å². The fourth-order valence-corrected chi connectivity index (χ4v) is 3.06. The molecule has 8 heteroatoms. The normalized spacial score (nSPS) is 24.3. The molecule has 2 atom stereocenters. The number of nitrogens with zero attached hydrogens (tertiary/aromatic N) is 3. The van der Waals surface area contributed by atoms with Crippen LogP contribution in [0.1, 0.15) is 30.9 Å². The van der Waals surface area contributed by atoms with Crippen LogP contribution in [0.15, 0.2) is 23.3 Å². The minimum atomic E-state index is -0.998. The summed E-state index contributed by atoms with van der Waals surface area (Å²) >= 11 is 0. The fraction of sp³-hybridized carbons (Fsp3) is 0.438. The molecule has 0 unspecified atom stereocenters. The van der Waals surface area contributed by atoms with Crippen molar-refractivity contribution in [2.75, 3.05) is 13.6 Å².